The Kier molecular flexibility index (Phi) is 8.62. The summed E-state index contributed by atoms with van der Waals surface area (Å²) in [5.74, 6) is 1.03. The number of benzene rings is 1. The lowest BCUT2D eigenvalue weighted by atomic mass is 9.97. The summed E-state index contributed by atoms with van der Waals surface area (Å²) < 4.78 is 41.8. The molecule has 0 aliphatic carbocycles. The van der Waals surface area contributed by atoms with Gasteiger partial charge in [0.1, 0.15) is 0 Å². The molecule has 8 nitrogen and oxygen atoms in total. The fourth-order valence-corrected chi connectivity index (χ4v) is 6.73. The molecule has 1 aliphatic rings. The maximum atomic E-state index is 12.8. The van der Waals surface area contributed by atoms with Crippen LogP contribution in [0, 0.1) is 0 Å². The van der Waals surface area contributed by atoms with Gasteiger partial charge in [-0.05, 0) is 47.9 Å². The van der Waals surface area contributed by atoms with E-state index in [9.17, 15) is 13.2 Å². The van der Waals surface area contributed by atoms with E-state index >= 15 is 0 Å². The lowest BCUT2D eigenvalue weighted by molar-refractivity contribution is -0.127. The van der Waals surface area contributed by atoms with Gasteiger partial charge in [0.05, 0.1) is 40.0 Å². The molecular weight excluding hydrogens is 566 g/mol. The van der Waals surface area contributed by atoms with Crippen molar-refractivity contribution in [2.45, 2.75) is 62.2 Å². The quantitative estimate of drug-likeness (QED) is 0.187. The lowest BCUT2D eigenvalue weighted by Gasteiger charge is -2.33. The molecule has 3 aromatic heterocycles. The van der Waals surface area contributed by atoms with Gasteiger partial charge in [-0.3, -0.25) is 4.68 Å². The fraction of sp³-hybridized carbons (Fsp3) is 0.440. The van der Waals surface area contributed by atoms with Crippen molar-refractivity contribution >= 4 is 40.3 Å². The van der Waals surface area contributed by atoms with Crippen LogP contribution in [0.4, 0.5) is 13.2 Å². The predicted octanol–water partition coefficient (Wildman–Crippen LogP) is 5.48. The third kappa shape index (κ3) is 7.03. The third-order valence-electron chi connectivity index (χ3n) is 6.50. The Hall–Kier alpha value is -2.84. The van der Waals surface area contributed by atoms with Crippen LogP contribution >= 0.6 is 35.3 Å². The second-order valence-electron chi connectivity index (χ2n) is 9.26. The van der Waals surface area contributed by atoms with Gasteiger partial charge in [-0.15, -0.1) is 16.4 Å². The smallest absolute Gasteiger partial charge is 0.365 e. The van der Waals surface area contributed by atoms with Gasteiger partial charge in [0.15, 0.2) is 0 Å². The van der Waals surface area contributed by atoms with E-state index in [1.54, 1.807) is 32.5 Å². The molecule has 5 rings (SSSR count). The van der Waals surface area contributed by atoms with Crippen molar-refractivity contribution in [1.29, 1.82) is 0 Å². The second-order valence-corrected chi connectivity index (χ2v) is 11.6. The summed E-state index contributed by atoms with van der Waals surface area (Å²) in [5, 5.41) is 20.2. The molecule has 1 aromatic carbocycles. The van der Waals surface area contributed by atoms with Crippen molar-refractivity contribution in [1.82, 2.24) is 39.9 Å². The maximum absolute atomic E-state index is 12.8. The number of aryl methyl sites for hydroxylation is 1. The molecule has 0 bridgehead atoms. The number of tetrazole rings is 1. The van der Waals surface area contributed by atoms with Gasteiger partial charge in [-0.2, -0.15) is 23.0 Å². The molecule has 0 atom stereocenters. The van der Waals surface area contributed by atoms with Crippen LogP contribution in [0.2, 0.25) is 0 Å². The van der Waals surface area contributed by atoms with Crippen molar-refractivity contribution in [3.8, 4) is 5.69 Å². The van der Waals surface area contributed by atoms with Crippen LogP contribution in [0.25, 0.3) is 5.69 Å². The molecule has 0 unspecified atom stereocenters. The van der Waals surface area contributed by atoms with E-state index in [4.69, 9.17) is 17.2 Å². The Balaban J connectivity index is 1.13. The van der Waals surface area contributed by atoms with Crippen LogP contribution in [-0.4, -0.2) is 64.1 Å². The number of hydrogen-bond acceptors (Lipinski definition) is 8. The van der Waals surface area contributed by atoms with Gasteiger partial charge in [-0.25, -0.2) is 4.98 Å². The predicted molar refractivity (Wildman–Crippen MR) is 148 cm³/mol. The first-order chi connectivity index (χ1) is 18.8. The Bertz CT molecular complexity index is 1390. The van der Waals surface area contributed by atoms with Crippen LogP contribution in [0.15, 0.2) is 46.9 Å². The van der Waals surface area contributed by atoms with Crippen LogP contribution in [-0.2, 0) is 25.1 Å². The molecule has 206 valence electrons. The number of likely N-dealkylation sites (tertiary alicyclic amines) is 1. The summed E-state index contributed by atoms with van der Waals surface area (Å²) in [7, 11) is 0. The SMILES string of the molecule is CCc1cc(CC(F)(F)F)nn1CC(=S)N1CCC(c2nc(CSc3nnnn3-c3ccccc3)cs2)CC1. The maximum Gasteiger partial charge on any atom is 0.394 e. The molecular formula is C25H27F3N8S3. The highest BCUT2D eigenvalue weighted by Crippen LogP contribution is 2.32. The highest BCUT2D eigenvalue weighted by Gasteiger charge is 2.30. The largest absolute Gasteiger partial charge is 0.394 e. The van der Waals surface area contributed by atoms with E-state index in [1.807, 2.05) is 37.3 Å². The summed E-state index contributed by atoms with van der Waals surface area (Å²) in [6, 6.07) is 11.3. The fourth-order valence-electron chi connectivity index (χ4n) is 4.55. The molecule has 39 heavy (non-hydrogen) atoms. The van der Waals surface area contributed by atoms with Gasteiger partial charge in [0.2, 0.25) is 5.16 Å². The zero-order valence-electron chi connectivity index (χ0n) is 21.2. The van der Waals surface area contributed by atoms with Crippen LogP contribution in [0.3, 0.4) is 0 Å². The van der Waals surface area contributed by atoms with Gasteiger partial charge < -0.3 is 4.90 Å². The van der Waals surface area contributed by atoms with Crippen molar-refractivity contribution in [3.05, 3.63) is 63.9 Å². The Morgan fingerprint density at radius 1 is 1.15 bits per heavy atom. The summed E-state index contributed by atoms with van der Waals surface area (Å²) in [4.78, 5) is 7.74. The van der Waals surface area contributed by atoms with E-state index in [2.05, 4.69) is 30.9 Å². The number of aromatic nitrogens is 7. The lowest BCUT2D eigenvalue weighted by Crippen LogP contribution is -2.39. The molecule has 14 heteroatoms. The molecule has 1 fully saturated rings. The van der Waals surface area contributed by atoms with Gasteiger partial charge >= 0.3 is 6.18 Å². The minimum Gasteiger partial charge on any atom is -0.365 e. The molecule has 0 amide bonds. The number of alkyl halides is 3. The molecule has 0 saturated carbocycles. The molecule has 0 N–H and O–H groups in total. The molecule has 4 aromatic rings. The Labute approximate surface area is 237 Å². The summed E-state index contributed by atoms with van der Waals surface area (Å²) in [5.41, 5.74) is 2.71. The summed E-state index contributed by atoms with van der Waals surface area (Å²) in [6.07, 6.45) is -2.86. The first-order valence-electron chi connectivity index (χ1n) is 12.6. The number of rotatable bonds is 9. The van der Waals surface area contributed by atoms with Crippen LogP contribution in [0.1, 0.15) is 47.8 Å². The van der Waals surface area contributed by atoms with Gasteiger partial charge in [0, 0.05) is 35.8 Å². The van der Waals surface area contributed by atoms with Crippen LogP contribution < -0.4 is 0 Å². The Morgan fingerprint density at radius 2 is 1.92 bits per heavy atom. The molecule has 0 radical (unpaired) electrons. The second kappa shape index (κ2) is 12.1. The highest BCUT2D eigenvalue weighted by atomic mass is 32.2. The van der Waals surface area contributed by atoms with Crippen molar-refractivity contribution in [2.24, 2.45) is 0 Å². The number of halogens is 3. The topological polar surface area (TPSA) is 77.6 Å². The van der Waals surface area contributed by atoms with Gasteiger partial charge in [-0.1, -0.05) is 49.1 Å². The monoisotopic (exact) mass is 592 g/mol. The summed E-state index contributed by atoms with van der Waals surface area (Å²) >= 11 is 8.90. The zero-order chi connectivity index (χ0) is 27.4. The number of thiocarbonyl (C=S) groups is 1. The number of para-hydroxylation sites is 1. The normalized spacial score (nSPS) is 14.7. The van der Waals surface area contributed by atoms with E-state index < -0.39 is 12.6 Å². The Morgan fingerprint density at radius 3 is 2.64 bits per heavy atom. The number of piperidine rings is 1. The minimum absolute atomic E-state index is 0.0372. The number of hydrogen-bond donors (Lipinski definition) is 0. The van der Waals surface area contributed by atoms with Crippen LogP contribution in [0.5, 0.6) is 0 Å². The van der Waals surface area contributed by atoms with Crippen molar-refractivity contribution < 1.29 is 13.2 Å². The van der Waals surface area contributed by atoms with Crippen molar-refractivity contribution in [3.63, 3.8) is 0 Å². The summed E-state index contributed by atoms with van der Waals surface area (Å²) in [6.45, 7) is 3.81. The van der Waals surface area contributed by atoms with Gasteiger partial charge in [0.25, 0.3) is 0 Å². The highest BCUT2D eigenvalue weighted by molar-refractivity contribution is 7.98. The van der Waals surface area contributed by atoms with E-state index in [0.717, 1.165) is 48.0 Å². The average molecular weight is 593 g/mol. The first kappa shape index (κ1) is 27.7. The number of thioether (sulfide) groups is 1. The molecule has 4 heterocycles. The molecule has 1 saturated heterocycles. The van der Waals surface area contributed by atoms with E-state index in [0.29, 0.717) is 34.8 Å². The van der Waals surface area contributed by atoms with Crippen molar-refractivity contribution in [2.75, 3.05) is 13.1 Å². The molecule has 0 spiro atoms. The third-order valence-corrected chi connectivity index (χ3v) is 8.90. The standard InChI is InChI=1S/C25H27F3N8S3/c1-2-20-12-18(13-25(26,27)28)31-35(20)14-22(37)34-10-8-17(9-11-34)23-29-19(15-38-23)16-39-24-30-32-33-36(24)21-6-4-3-5-7-21/h3-7,12,15,17H,2,8-11,13-14,16H2,1H3. The molecule has 1 aliphatic heterocycles. The number of nitrogens with zero attached hydrogens (tertiary/aromatic N) is 8. The number of thiazole rings is 1. The average Bonchev–Trinajstić information content (AvgIpc) is 3.67. The minimum atomic E-state index is -4.28. The zero-order valence-corrected chi connectivity index (χ0v) is 23.7. The van der Waals surface area contributed by atoms with E-state index in [1.165, 1.54) is 6.07 Å². The van der Waals surface area contributed by atoms with E-state index in [-0.39, 0.29) is 5.69 Å². The first-order valence-corrected chi connectivity index (χ1v) is 14.9.